The number of nitrogens with zero attached hydrogens (tertiary/aromatic N) is 2. The van der Waals surface area contributed by atoms with E-state index >= 15 is 0 Å². The van der Waals surface area contributed by atoms with Crippen LogP contribution in [0, 0.1) is 0 Å². The monoisotopic (exact) mass is 575 g/mol. The second-order valence-corrected chi connectivity index (χ2v) is 9.78. The van der Waals surface area contributed by atoms with E-state index in [9.17, 15) is 14.4 Å². The fourth-order valence-electron chi connectivity index (χ4n) is 4.47. The number of carboxylic acids is 1. The Morgan fingerprint density at radius 1 is 1.03 bits per heavy atom. The normalized spacial score (nSPS) is 15.4. The van der Waals surface area contributed by atoms with Gasteiger partial charge in [-0.05, 0) is 41.5 Å². The molecule has 1 aromatic heterocycles. The lowest BCUT2D eigenvalue weighted by molar-refractivity contribution is -0.132. The molecule has 1 atom stereocenters. The molecule has 0 saturated carbocycles. The van der Waals surface area contributed by atoms with Gasteiger partial charge >= 0.3 is 5.97 Å². The number of carbonyl (C=O) groups excluding carboxylic acids is 1. The summed E-state index contributed by atoms with van der Waals surface area (Å²) in [5, 5.41) is 16.1. The number of carboxylic acid groups (broad SMARTS) is 1. The van der Waals surface area contributed by atoms with Crippen LogP contribution in [0.5, 0.6) is 0 Å². The Labute approximate surface area is 224 Å². The summed E-state index contributed by atoms with van der Waals surface area (Å²) in [6.45, 7) is 0. The number of rotatable bonds is 5. The van der Waals surface area contributed by atoms with Crippen LogP contribution >= 0.6 is 27.5 Å². The summed E-state index contributed by atoms with van der Waals surface area (Å²) in [7, 11) is 0. The third-order valence-corrected chi connectivity index (χ3v) is 6.85. The van der Waals surface area contributed by atoms with E-state index in [1.54, 1.807) is 18.2 Å². The third-order valence-electron chi connectivity index (χ3n) is 6.09. The molecular formula is C28H19BrClN3O4. The molecule has 1 aliphatic rings. The minimum absolute atomic E-state index is 0.253. The van der Waals surface area contributed by atoms with Crippen molar-refractivity contribution in [2.75, 3.05) is 0 Å². The van der Waals surface area contributed by atoms with Gasteiger partial charge in [0.15, 0.2) is 0 Å². The predicted octanol–water partition coefficient (Wildman–Crippen LogP) is 5.93. The molecule has 2 N–H and O–H groups in total. The maximum atomic E-state index is 13.5. The van der Waals surface area contributed by atoms with Gasteiger partial charge in [-0.25, -0.2) is 9.80 Å². The van der Waals surface area contributed by atoms with E-state index in [1.165, 1.54) is 5.01 Å². The molecule has 9 heteroatoms. The van der Waals surface area contributed by atoms with E-state index in [-0.39, 0.29) is 12.0 Å². The molecule has 0 radical (unpaired) electrons. The lowest BCUT2D eigenvalue weighted by Gasteiger charge is -2.20. The molecular weight excluding hydrogens is 558 g/mol. The Bertz CT molecular complexity index is 1650. The molecule has 4 aromatic rings. The number of fused-ring (bicyclic) bond motifs is 1. The number of aromatic amines is 1. The lowest BCUT2D eigenvalue weighted by Crippen LogP contribution is -2.25. The maximum absolute atomic E-state index is 13.5. The van der Waals surface area contributed by atoms with Gasteiger partial charge in [0.05, 0.1) is 17.3 Å². The van der Waals surface area contributed by atoms with Gasteiger partial charge in [-0.15, -0.1) is 0 Å². The second kappa shape index (κ2) is 10.2. The molecule has 0 fully saturated rings. The van der Waals surface area contributed by atoms with Crippen LogP contribution in [0.2, 0.25) is 5.02 Å². The number of nitrogens with one attached hydrogen (secondary N) is 1. The van der Waals surface area contributed by atoms with Gasteiger partial charge in [-0.3, -0.25) is 9.59 Å². The summed E-state index contributed by atoms with van der Waals surface area (Å²) >= 11 is 9.76. The number of benzene rings is 3. The molecule has 0 spiro atoms. The first-order valence-corrected chi connectivity index (χ1v) is 12.5. The summed E-state index contributed by atoms with van der Waals surface area (Å²) in [6.07, 6.45) is 1.99. The van der Waals surface area contributed by atoms with Crippen molar-refractivity contribution in [2.24, 2.45) is 5.10 Å². The van der Waals surface area contributed by atoms with Crippen molar-refractivity contribution in [3.05, 3.63) is 116 Å². The molecule has 184 valence electrons. The summed E-state index contributed by atoms with van der Waals surface area (Å²) in [5.74, 6) is -1.85. The molecule has 1 amide bonds. The van der Waals surface area contributed by atoms with Gasteiger partial charge in [0.25, 0.3) is 11.5 Å². The molecule has 0 aliphatic carbocycles. The molecule has 7 nitrogen and oxygen atoms in total. The molecule has 1 aliphatic heterocycles. The van der Waals surface area contributed by atoms with Gasteiger partial charge < -0.3 is 10.1 Å². The van der Waals surface area contributed by atoms with E-state index in [0.717, 1.165) is 33.1 Å². The first kappa shape index (κ1) is 24.7. The third kappa shape index (κ3) is 4.98. The molecule has 0 bridgehead atoms. The minimum Gasteiger partial charge on any atom is -0.478 e. The quantitative estimate of drug-likeness (QED) is 0.288. The zero-order valence-corrected chi connectivity index (χ0v) is 21.5. The highest BCUT2D eigenvalue weighted by atomic mass is 79.9. The van der Waals surface area contributed by atoms with Crippen molar-refractivity contribution < 1.29 is 14.7 Å². The summed E-state index contributed by atoms with van der Waals surface area (Å²) < 4.78 is 0.869. The Morgan fingerprint density at radius 3 is 2.46 bits per heavy atom. The van der Waals surface area contributed by atoms with E-state index in [4.69, 9.17) is 16.7 Å². The lowest BCUT2D eigenvalue weighted by atomic mass is 9.91. The van der Waals surface area contributed by atoms with Crippen LogP contribution in [-0.2, 0) is 9.59 Å². The number of H-pyrrole nitrogens is 1. The number of aliphatic carboxylic acids is 1. The number of hydrogen-bond donors (Lipinski definition) is 2. The van der Waals surface area contributed by atoms with Crippen molar-refractivity contribution in [3.63, 3.8) is 0 Å². The average molecular weight is 577 g/mol. The summed E-state index contributed by atoms with van der Waals surface area (Å²) in [6, 6.07) is 21.6. The van der Waals surface area contributed by atoms with E-state index in [2.05, 4.69) is 26.0 Å². The highest BCUT2D eigenvalue weighted by molar-refractivity contribution is 9.10. The molecule has 2 heterocycles. The van der Waals surface area contributed by atoms with E-state index in [0.29, 0.717) is 27.4 Å². The average Bonchev–Trinajstić information content (AvgIpc) is 3.32. The number of carbonyl (C=O) groups is 2. The Balaban J connectivity index is 1.72. The fourth-order valence-corrected chi connectivity index (χ4v) is 4.91. The van der Waals surface area contributed by atoms with E-state index in [1.807, 2.05) is 54.6 Å². The van der Waals surface area contributed by atoms with Gasteiger partial charge in [0.1, 0.15) is 0 Å². The predicted molar refractivity (Wildman–Crippen MR) is 147 cm³/mol. The highest BCUT2D eigenvalue weighted by Crippen LogP contribution is 2.37. The van der Waals surface area contributed by atoms with Crippen LogP contribution in [0.1, 0.15) is 23.6 Å². The van der Waals surface area contributed by atoms with Crippen LogP contribution in [-0.4, -0.2) is 32.7 Å². The zero-order valence-electron chi connectivity index (χ0n) is 19.2. The number of amides is 1. The number of hydrazone groups is 1. The Hall–Kier alpha value is -4.01. The number of pyridine rings is 1. The number of halogens is 2. The van der Waals surface area contributed by atoms with Crippen molar-refractivity contribution >= 4 is 56.0 Å². The van der Waals surface area contributed by atoms with Crippen LogP contribution in [0.3, 0.4) is 0 Å². The SMILES string of the molecule is O=C(O)/C=C\C(=O)N1N=C(c2c(-c3ccccc3)c3cc(Cl)ccc3[nH]c2=O)CC1c1ccc(Br)cc1. The first-order chi connectivity index (χ1) is 17.8. The van der Waals surface area contributed by atoms with Crippen LogP contribution < -0.4 is 5.56 Å². The molecule has 1 unspecified atom stereocenters. The fraction of sp³-hybridized carbons (Fsp3) is 0.0714. The van der Waals surface area contributed by atoms with Gasteiger partial charge in [-0.1, -0.05) is 70.0 Å². The summed E-state index contributed by atoms with van der Waals surface area (Å²) in [5.41, 5.74) is 3.27. The number of aromatic nitrogens is 1. The minimum atomic E-state index is -1.24. The van der Waals surface area contributed by atoms with Crippen LogP contribution in [0.25, 0.3) is 22.0 Å². The summed E-state index contributed by atoms with van der Waals surface area (Å²) in [4.78, 5) is 40.5. The first-order valence-electron chi connectivity index (χ1n) is 11.3. The Morgan fingerprint density at radius 2 is 1.76 bits per heavy atom. The van der Waals surface area contributed by atoms with Crippen LogP contribution in [0.15, 0.2) is 99.3 Å². The van der Waals surface area contributed by atoms with Crippen molar-refractivity contribution in [1.29, 1.82) is 0 Å². The maximum Gasteiger partial charge on any atom is 0.328 e. The standard InChI is InChI=1S/C28H19BrClN3O4/c29-18-8-6-16(7-9-18)23-15-22(32-33(23)24(34)12-13-25(35)36)27-26(17-4-2-1-3-5-17)20-14-19(30)10-11-21(20)31-28(27)37/h1-14,23H,15H2,(H,31,37)(H,35,36)/b13-12-. The van der Waals surface area contributed by atoms with Gasteiger partial charge in [0.2, 0.25) is 0 Å². The second-order valence-electron chi connectivity index (χ2n) is 8.43. The van der Waals surface area contributed by atoms with Crippen molar-refractivity contribution in [3.8, 4) is 11.1 Å². The van der Waals surface area contributed by atoms with Crippen molar-refractivity contribution in [1.82, 2.24) is 9.99 Å². The number of hydrogen-bond acceptors (Lipinski definition) is 4. The zero-order chi connectivity index (χ0) is 26.1. The smallest absolute Gasteiger partial charge is 0.328 e. The molecule has 5 rings (SSSR count). The molecule has 37 heavy (non-hydrogen) atoms. The highest BCUT2D eigenvalue weighted by Gasteiger charge is 2.34. The van der Waals surface area contributed by atoms with Gasteiger partial charge in [-0.2, -0.15) is 5.10 Å². The largest absolute Gasteiger partial charge is 0.478 e. The van der Waals surface area contributed by atoms with Crippen LogP contribution in [0.4, 0.5) is 0 Å². The van der Waals surface area contributed by atoms with Crippen molar-refractivity contribution in [2.45, 2.75) is 12.5 Å². The van der Waals surface area contributed by atoms with E-state index < -0.39 is 17.9 Å². The van der Waals surface area contributed by atoms with Gasteiger partial charge in [0, 0.05) is 44.5 Å². The topological polar surface area (TPSA) is 103 Å². The Kier molecular flexibility index (Phi) is 6.78. The molecule has 0 saturated heterocycles. The molecule has 3 aromatic carbocycles.